The first-order chi connectivity index (χ1) is 23.0. The number of aliphatic hydroxyl groups excluding tert-OH is 1. The van der Waals surface area contributed by atoms with E-state index in [4.69, 9.17) is 21.1 Å². The largest absolute Gasteiger partial charge is 0.455 e. The molecule has 3 aliphatic heterocycles. The van der Waals surface area contributed by atoms with Crippen molar-refractivity contribution in [1.82, 2.24) is 9.80 Å². The molecule has 3 amide bonds. The number of nitrogens with zero attached hydrogens (tertiary/aromatic N) is 3. The van der Waals surface area contributed by atoms with E-state index >= 15 is 0 Å². The molecular formula is C37H44ClN3O7. The van der Waals surface area contributed by atoms with Gasteiger partial charge in [0.05, 0.1) is 41.3 Å². The Morgan fingerprint density at radius 3 is 2.54 bits per heavy atom. The summed E-state index contributed by atoms with van der Waals surface area (Å²) in [6.45, 7) is 10.8. The van der Waals surface area contributed by atoms with E-state index in [0.717, 1.165) is 5.56 Å². The fraction of sp³-hybridized carbons (Fsp3) is 0.459. The summed E-state index contributed by atoms with van der Waals surface area (Å²) in [5.41, 5.74) is 0.646. The number of ether oxygens (including phenoxy) is 2. The normalized spacial score (nSPS) is 25.3. The number of anilines is 1. The van der Waals surface area contributed by atoms with Crippen LogP contribution in [0, 0.1) is 18.8 Å². The highest BCUT2D eigenvalue weighted by Crippen LogP contribution is 2.59. The molecule has 10 nitrogen and oxygen atoms in total. The number of rotatable bonds is 14. The summed E-state index contributed by atoms with van der Waals surface area (Å²) < 4.78 is 12.8. The van der Waals surface area contributed by atoms with Crippen molar-refractivity contribution in [2.24, 2.45) is 11.8 Å². The number of aryl methyl sites for hydroxylation is 1. The zero-order valence-electron chi connectivity index (χ0n) is 27.7. The van der Waals surface area contributed by atoms with Gasteiger partial charge in [0.1, 0.15) is 17.7 Å². The van der Waals surface area contributed by atoms with Crippen molar-refractivity contribution in [3.63, 3.8) is 0 Å². The number of amides is 3. The van der Waals surface area contributed by atoms with Gasteiger partial charge in [0.2, 0.25) is 11.8 Å². The molecule has 48 heavy (non-hydrogen) atoms. The molecule has 3 fully saturated rings. The van der Waals surface area contributed by atoms with Crippen molar-refractivity contribution in [2.75, 3.05) is 31.6 Å². The third kappa shape index (κ3) is 6.17. The number of para-hydroxylation sites is 1. The van der Waals surface area contributed by atoms with E-state index in [0.29, 0.717) is 35.5 Å². The molecule has 7 atom stereocenters. The molecule has 2 bridgehead atoms. The molecule has 256 valence electrons. The number of halogens is 1. The Labute approximate surface area is 286 Å². The van der Waals surface area contributed by atoms with Gasteiger partial charge in [0.25, 0.3) is 5.91 Å². The van der Waals surface area contributed by atoms with E-state index in [1.54, 1.807) is 36.2 Å². The minimum atomic E-state index is -1.31. The van der Waals surface area contributed by atoms with Crippen molar-refractivity contribution in [2.45, 2.75) is 69.4 Å². The number of β-amino-alcohol motifs (C(OH)–C–C–N with tert-alkyl or cyclic N) is 1. The lowest BCUT2D eigenvalue weighted by Gasteiger charge is -2.37. The summed E-state index contributed by atoms with van der Waals surface area (Å²) in [7, 11) is 1.68. The standard InChI is InChI=1S/C37H44ClN3O7/c1-6-8-17-28(43)39(5)24(4)32(25-14-10-9-11-15-25)47-36(46)29-27-18-19-37(48-27)30(29)34(44)41(21-22-42)33(37)35(45)40(20-7-2)31-23(3)13-12-16-26(31)38/h6-7,9-16,24,27,29-30,32-33,42H,1-2,8,17-22H2,3-5H3/t24-,27-,29+,30+,32+,33-,37+/m0/s1. The molecule has 3 heterocycles. The number of likely N-dealkylation sites (tertiary alicyclic amines) is 1. The minimum absolute atomic E-state index is 0.117. The SMILES string of the molecule is C=CCCC(=O)N(C)[C@@H](C)[C@@H](OC(=O)[C@@H]1[C@@H]2CC[C@]3(O2)[C@H](C(=O)N(CC=C)c2c(C)cccc2Cl)N(CCO)C(=O)[C@@H]13)c1ccccc1. The number of aliphatic hydroxyl groups is 1. The molecule has 1 spiro atoms. The maximum atomic E-state index is 14.6. The molecule has 11 heteroatoms. The van der Waals surface area contributed by atoms with Gasteiger partial charge in [-0.3, -0.25) is 19.2 Å². The smallest absolute Gasteiger partial charge is 0.313 e. The van der Waals surface area contributed by atoms with Gasteiger partial charge >= 0.3 is 5.97 Å². The van der Waals surface area contributed by atoms with Gasteiger partial charge in [-0.15, -0.1) is 13.2 Å². The number of hydrogen-bond acceptors (Lipinski definition) is 7. The van der Waals surface area contributed by atoms with Crippen LogP contribution in [0.25, 0.3) is 0 Å². The number of esters is 1. The molecule has 3 aliphatic rings. The number of allylic oxidation sites excluding steroid dienone is 1. The second-order valence-corrected chi connectivity index (χ2v) is 13.2. The molecule has 2 aromatic carbocycles. The van der Waals surface area contributed by atoms with Gasteiger partial charge in [-0.25, -0.2) is 0 Å². The van der Waals surface area contributed by atoms with E-state index in [-0.39, 0.29) is 32.0 Å². The summed E-state index contributed by atoms with van der Waals surface area (Å²) in [6.07, 6.45) is 3.38. The minimum Gasteiger partial charge on any atom is -0.455 e. The van der Waals surface area contributed by atoms with Gasteiger partial charge in [0.15, 0.2) is 0 Å². The average Bonchev–Trinajstić information content (AvgIpc) is 3.72. The zero-order valence-corrected chi connectivity index (χ0v) is 28.5. The van der Waals surface area contributed by atoms with E-state index in [2.05, 4.69) is 13.2 Å². The number of carbonyl (C=O) groups is 4. The van der Waals surface area contributed by atoms with Crippen LogP contribution < -0.4 is 4.90 Å². The fourth-order valence-electron chi connectivity index (χ4n) is 7.71. The van der Waals surface area contributed by atoms with E-state index in [9.17, 15) is 24.3 Å². The second kappa shape index (κ2) is 14.6. The van der Waals surface area contributed by atoms with Crippen LogP contribution in [0.4, 0.5) is 5.69 Å². The van der Waals surface area contributed by atoms with Crippen LogP contribution >= 0.6 is 11.6 Å². The fourth-order valence-corrected chi connectivity index (χ4v) is 8.03. The molecule has 2 aromatic rings. The molecule has 0 radical (unpaired) electrons. The maximum absolute atomic E-state index is 14.6. The summed E-state index contributed by atoms with van der Waals surface area (Å²) in [5.74, 6) is -3.61. The molecule has 0 aromatic heterocycles. The Balaban J connectivity index is 1.49. The van der Waals surface area contributed by atoms with E-state index in [1.807, 2.05) is 50.2 Å². The Morgan fingerprint density at radius 1 is 1.17 bits per heavy atom. The van der Waals surface area contributed by atoms with Gasteiger partial charge < -0.3 is 29.3 Å². The van der Waals surface area contributed by atoms with Crippen molar-refractivity contribution < 1.29 is 33.8 Å². The molecule has 3 saturated heterocycles. The number of carbonyl (C=O) groups excluding carboxylic acids is 4. The lowest BCUT2D eigenvalue weighted by atomic mass is 9.70. The van der Waals surface area contributed by atoms with Gasteiger partial charge in [-0.1, -0.05) is 66.2 Å². The third-order valence-electron chi connectivity index (χ3n) is 10.1. The quantitative estimate of drug-likeness (QED) is 0.229. The molecule has 0 aliphatic carbocycles. The third-order valence-corrected chi connectivity index (χ3v) is 10.4. The van der Waals surface area contributed by atoms with Crippen molar-refractivity contribution >= 4 is 41.0 Å². The predicted octanol–water partition coefficient (Wildman–Crippen LogP) is 4.63. The first kappa shape index (κ1) is 35.3. The lowest BCUT2D eigenvalue weighted by molar-refractivity contribution is -0.164. The Hall–Kier alpha value is -3.99. The van der Waals surface area contributed by atoms with Crippen LogP contribution in [-0.2, 0) is 28.7 Å². The molecule has 0 saturated carbocycles. The summed E-state index contributed by atoms with van der Waals surface area (Å²) in [6, 6.07) is 12.9. The maximum Gasteiger partial charge on any atom is 0.313 e. The summed E-state index contributed by atoms with van der Waals surface area (Å²) in [4.78, 5) is 60.6. The lowest BCUT2D eigenvalue weighted by Crippen LogP contribution is -2.57. The molecule has 0 unspecified atom stereocenters. The van der Waals surface area contributed by atoms with E-state index in [1.165, 1.54) is 9.80 Å². The zero-order chi connectivity index (χ0) is 34.7. The molecule has 1 N–H and O–H groups in total. The monoisotopic (exact) mass is 677 g/mol. The second-order valence-electron chi connectivity index (χ2n) is 12.8. The number of fused-ring (bicyclic) bond motifs is 1. The Kier molecular flexibility index (Phi) is 10.8. The van der Waals surface area contributed by atoms with E-state index < -0.39 is 59.5 Å². The van der Waals surface area contributed by atoms with Crippen LogP contribution in [0.5, 0.6) is 0 Å². The van der Waals surface area contributed by atoms with Crippen LogP contribution in [0.2, 0.25) is 5.02 Å². The molecular weight excluding hydrogens is 634 g/mol. The van der Waals surface area contributed by atoms with Crippen molar-refractivity contribution in [3.8, 4) is 0 Å². The topological polar surface area (TPSA) is 117 Å². The van der Waals surface area contributed by atoms with Crippen LogP contribution in [0.1, 0.15) is 49.8 Å². The number of hydrogen-bond donors (Lipinski definition) is 1. The summed E-state index contributed by atoms with van der Waals surface area (Å²) >= 11 is 6.61. The van der Waals surface area contributed by atoms with Crippen LogP contribution in [0.15, 0.2) is 73.8 Å². The van der Waals surface area contributed by atoms with Crippen molar-refractivity contribution in [1.29, 1.82) is 0 Å². The van der Waals surface area contributed by atoms with Gasteiger partial charge in [-0.05, 0) is 50.3 Å². The van der Waals surface area contributed by atoms with Crippen LogP contribution in [-0.4, -0.2) is 89.1 Å². The van der Waals surface area contributed by atoms with Gasteiger partial charge in [0, 0.05) is 26.6 Å². The van der Waals surface area contributed by atoms with Crippen molar-refractivity contribution in [3.05, 3.63) is 90.0 Å². The van der Waals surface area contributed by atoms with Crippen LogP contribution in [0.3, 0.4) is 0 Å². The highest BCUT2D eigenvalue weighted by atomic mass is 35.5. The van der Waals surface area contributed by atoms with Gasteiger partial charge in [-0.2, -0.15) is 0 Å². The first-order valence-corrected chi connectivity index (χ1v) is 16.8. The summed E-state index contributed by atoms with van der Waals surface area (Å²) in [5, 5.41) is 10.4. The average molecular weight is 678 g/mol. The predicted molar refractivity (Wildman–Crippen MR) is 182 cm³/mol. The Morgan fingerprint density at radius 2 is 1.90 bits per heavy atom. The Bertz CT molecular complexity index is 1550. The number of benzene rings is 2. The highest BCUT2D eigenvalue weighted by molar-refractivity contribution is 6.34. The molecule has 5 rings (SSSR count). The highest BCUT2D eigenvalue weighted by Gasteiger charge is 2.75. The number of likely N-dealkylation sites (N-methyl/N-ethyl adjacent to an activating group) is 1. The first-order valence-electron chi connectivity index (χ1n) is 16.4.